The number of benzene rings is 4. The molecule has 0 atom stereocenters. The number of carbonyl (C=O) groups is 2. The topological polar surface area (TPSA) is 89.4 Å². The van der Waals surface area contributed by atoms with Gasteiger partial charge >= 0.3 is 5.97 Å². The molecule has 0 saturated carbocycles. The molecule has 0 bridgehead atoms. The Hall–Kier alpha value is -4.62. The van der Waals surface area contributed by atoms with Crippen LogP contribution in [-0.2, 0) is 23.2 Å². The summed E-state index contributed by atoms with van der Waals surface area (Å²) < 4.78 is 14.4. The van der Waals surface area contributed by atoms with Gasteiger partial charge in [0.25, 0.3) is 0 Å². The van der Waals surface area contributed by atoms with Gasteiger partial charge in [0.1, 0.15) is 23.4 Å². The molecule has 7 heteroatoms. The first-order valence-electron chi connectivity index (χ1n) is 13.3. The zero-order valence-electron chi connectivity index (χ0n) is 23.1. The van der Waals surface area contributed by atoms with Crippen molar-refractivity contribution in [2.45, 2.75) is 39.2 Å². The highest BCUT2D eigenvalue weighted by atomic mass is 32.1. The summed E-state index contributed by atoms with van der Waals surface area (Å²) in [4.78, 5) is 26.7. The normalized spacial score (nSPS) is 12.2. The third-order valence-corrected chi connectivity index (χ3v) is 7.45. The number of fused-ring (bicyclic) bond motifs is 1. The molecule has 0 saturated heterocycles. The Morgan fingerprint density at radius 3 is 2.10 bits per heavy atom. The second-order valence-corrected chi connectivity index (χ2v) is 11.4. The Bertz CT molecular complexity index is 1720. The molecule has 41 heavy (non-hydrogen) atoms. The van der Waals surface area contributed by atoms with Crippen LogP contribution in [0, 0.1) is 0 Å². The molecule has 1 aromatic heterocycles. The number of carbonyl (C=O) groups excluding carboxylic acids is 1. The van der Waals surface area contributed by atoms with Crippen molar-refractivity contribution in [3.05, 3.63) is 130 Å². The molecule has 206 valence electrons. The van der Waals surface area contributed by atoms with Crippen LogP contribution in [0.5, 0.6) is 5.75 Å². The summed E-state index contributed by atoms with van der Waals surface area (Å²) in [5, 5.41) is 10.4. The highest BCUT2D eigenvalue weighted by Crippen LogP contribution is 2.29. The predicted octanol–water partition coefficient (Wildman–Crippen LogP) is 7.53. The minimum Gasteiger partial charge on any atom is -0.489 e. The number of hydrogen-bond donors (Lipinski definition) is 1. The van der Waals surface area contributed by atoms with E-state index in [0.717, 1.165) is 28.4 Å². The van der Waals surface area contributed by atoms with Crippen LogP contribution in [0.15, 0.2) is 103 Å². The van der Waals surface area contributed by atoms with Crippen LogP contribution in [0.1, 0.15) is 53.4 Å². The molecule has 0 aliphatic carbocycles. The Balaban J connectivity index is 1.52. The van der Waals surface area contributed by atoms with E-state index in [4.69, 9.17) is 4.74 Å². The zero-order valence-corrected chi connectivity index (χ0v) is 23.9. The van der Waals surface area contributed by atoms with E-state index in [9.17, 15) is 14.7 Å². The van der Waals surface area contributed by atoms with E-state index >= 15 is 0 Å². The number of allylic oxidation sites excluding steroid dienone is 1. The van der Waals surface area contributed by atoms with E-state index < -0.39 is 5.97 Å². The summed E-state index contributed by atoms with van der Waals surface area (Å²) in [6, 6.07) is 29.7. The molecule has 0 aliphatic heterocycles. The van der Waals surface area contributed by atoms with Gasteiger partial charge < -0.3 is 9.84 Å². The van der Waals surface area contributed by atoms with Gasteiger partial charge in [0.15, 0.2) is 5.78 Å². The number of Topliss-reactive ketones (excluding diaryl/α,β-unsaturated/α-hetero) is 1. The summed E-state index contributed by atoms with van der Waals surface area (Å²) in [7, 11) is 0. The molecule has 6 nitrogen and oxygen atoms in total. The molecule has 0 unspecified atom stereocenters. The van der Waals surface area contributed by atoms with Gasteiger partial charge in [0.05, 0.1) is 17.3 Å². The average Bonchev–Trinajstić information content (AvgIpc) is 3.44. The first-order chi connectivity index (χ1) is 19.7. The van der Waals surface area contributed by atoms with Crippen molar-refractivity contribution in [1.29, 1.82) is 0 Å². The van der Waals surface area contributed by atoms with Crippen molar-refractivity contribution in [2.24, 2.45) is 0 Å². The standard InChI is InChI=1S/C34H30N2O4S/c1-34(2,3)26-14-9-22(10-15-26)19-28(31(33(38)39)25-13-18-29-30(20-25)36-41-35-29)32(37)24-11-16-27(17-12-24)40-21-23-7-5-4-6-8-23/h4-18,20H,19,21H2,1-3H3,(H,38,39). The Morgan fingerprint density at radius 2 is 1.44 bits per heavy atom. The Morgan fingerprint density at radius 1 is 0.780 bits per heavy atom. The van der Waals surface area contributed by atoms with E-state index in [1.807, 2.05) is 54.6 Å². The van der Waals surface area contributed by atoms with E-state index in [2.05, 4.69) is 29.5 Å². The third kappa shape index (κ3) is 6.58. The lowest BCUT2D eigenvalue weighted by Gasteiger charge is -2.19. The maximum Gasteiger partial charge on any atom is 0.336 e. The fraction of sp³-hybridized carbons (Fsp3) is 0.176. The lowest BCUT2D eigenvalue weighted by Crippen LogP contribution is -2.14. The molecule has 5 rings (SSSR count). The number of hydrogen-bond acceptors (Lipinski definition) is 6. The van der Waals surface area contributed by atoms with Crippen molar-refractivity contribution in [3.8, 4) is 5.75 Å². The van der Waals surface area contributed by atoms with Crippen molar-refractivity contribution in [1.82, 2.24) is 8.75 Å². The molecule has 0 aliphatic rings. The molecular weight excluding hydrogens is 532 g/mol. The first-order valence-corrected chi connectivity index (χ1v) is 14.0. The van der Waals surface area contributed by atoms with Gasteiger partial charge in [-0.05, 0) is 64.1 Å². The van der Waals surface area contributed by atoms with Crippen LogP contribution in [0.3, 0.4) is 0 Å². The van der Waals surface area contributed by atoms with Crippen LogP contribution < -0.4 is 4.74 Å². The van der Waals surface area contributed by atoms with Crippen molar-refractivity contribution < 1.29 is 19.4 Å². The van der Waals surface area contributed by atoms with E-state index in [0.29, 0.717) is 34.5 Å². The Kier molecular flexibility index (Phi) is 8.08. The number of carboxylic acids is 1. The zero-order chi connectivity index (χ0) is 29.0. The molecule has 1 N–H and O–H groups in total. The van der Waals surface area contributed by atoms with Crippen LogP contribution in [0.2, 0.25) is 0 Å². The first kappa shape index (κ1) is 27.9. The average molecular weight is 563 g/mol. The van der Waals surface area contributed by atoms with Gasteiger partial charge in [-0.1, -0.05) is 81.4 Å². The molecule has 1 heterocycles. The fourth-order valence-corrected chi connectivity index (χ4v) is 5.11. The molecule has 5 aromatic rings. The lowest BCUT2D eigenvalue weighted by molar-refractivity contribution is -0.130. The maximum atomic E-state index is 14.0. The number of nitrogens with zero attached hydrogens (tertiary/aromatic N) is 2. The number of rotatable bonds is 9. The van der Waals surface area contributed by atoms with Crippen LogP contribution >= 0.6 is 11.7 Å². The third-order valence-electron chi connectivity index (χ3n) is 6.90. The van der Waals surface area contributed by atoms with Crippen molar-refractivity contribution >= 4 is 40.1 Å². The highest BCUT2D eigenvalue weighted by molar-refractivity contribution is 7.00. The fourth-order valence-electron chi connectivity index (χ4n) is 4.59. The van der Waals surface area contributed by atoms with Crippen molar-refractivity contribution in [2.75, 3.05) is 0 Å². The number of aromatic nitrogens is 2. The summed E-state index contributed by atoms with van der Waals surface area (Å²) >= 11 is 1.06. The molecule has 0 spiro atoms. The highest BCUT2D eigenvalue weighted by Gasteiger charge is 2.25. The predicted molar refractivity (Wildman–Crippen MR) is 162 cm³/mol. The summed E-state index contributed by atoms with van der Waals surface area (Å²) in [6.07, 6.45) is 0.157. The number of carboxylic acid groups (broad SMARTS) is 1. The van der Waals surface area contributed by atoms with Gasteiger partial charge in [0, 0.05) is 17.6 Å². The number of aliphatic carboxylic acids is 1. The number of ether oxygens (including phenoxy) is 1. The van der Waals surface area contributed by atoms with E-state index in [1.54, 1.807) is 42.5 Å². The summed E-state index contributed by atoms with van der Waals surface area (Å²) in [5.41, 5.74) is 5.23. The largest absolute Gasteiger partial charge is 0.489 e. The van der Waals surface area contributed by atoms with Gasteiger partial charge in [0.2, 0.25) is 0 Å². The lowest BCUT2D eigenvalue weighted by atomic mass is 9.85. The maximum absolute atomic E-state index is 14.0. The van der Waals surface area contributed by atoms with Gasteiger partial charge in [-0.3, -0.25) is 4.79 Å². The van der Waals surface area contributed by atoms with E-state index in [1.165, 1.54) is 0 Å². The molecule has 0 radical (unpaired) electrons. The summed E-state index contributed by atoms with van der Waals surface area (Å²) in [5.74, 6) is -0.910. The van der Waals surface area contributed by atoms with Crippen molar-refractivity contribution in [3.63, 3.8) is 0 Å². The summed E-state index contributed by atoms with van der Waals surface area (Å²) in [6.45, 7) is 6.81. The molecule has 4 aromatic carbocycles. The van der Waals surface area contributed by atoms with Gasteiger partial charge in [-0.2, -0.15) is 8.75 Å². The van der Waals surface area contributed by atoms with Crippen LogP contribution in [0.4, 0.5) is 0 Å². The monoisotopic (exact) mass is 562 g/mol. The second kappa shape index (κ2) is 11.9. The minimum absolute atomic E-state index is 0.0272. The quantitative estimate of drug-likeness (QED) is 0.148. The van der Waals surface area contributed by atoms with E-state index in [-0.39, 0.29) is 28.8 Å². The van der Waals surface area contributed by atoms with Crippen LogP contribution in [-0.4, -0.2) is 25.6 Å². The van der Waals surface area contributed by atoms with Gasteiger partial charge in [-0.25, -0.2) is 4.79 Å². The Labute approximate surface area is 243 Å². The molecular formula is C34H30N2O4S. The number of ketones is 1. The van der Waals surface area contributed by atoms with Crippen LogP contribution in [0.25, 0.3) is 16.6 Å². The van der Waals surface area contributed by atoms with Gasteiger partial charge in [-0.15, -0.1) is 0 Å². The smallest absolute Gasteiger partial charge is 0.336 e. The second-order valence-electron chi connectivity index (χ2n) is 10.9. The SMILES string of the molecule is CC(C)(C)c1ccc(CC(C(=O)c2ccc(OCc3ccccc3)cc2)=C(C(=O)O)c2ccc3nsnc3c2)cc1. The molecule has 0 fully saturated rings. The minimum atomic E-state index is -1.18. The molecule has 0 amide bonds.